The first-order chi connectivity index (χ1) is 9.20. The lowest BCUT2D eigenvalue weighted by atomic mass is 9.71. The van der Waals surface area contributed by atoms with E-state index in [0.29, 0.717) is 5.92 Å². The van der Waals surface area contributed by atoms with Gasteiger partial charge in [-0.05, 0) is 42.9 Å². The molecule has 0 aromatic carbocycles. The fraction of sp³-hybridized carbons (Fsp3) is 0.944. The average molecular weight is 264 g/mol. The zero-order chi connectivity index (χ0) is 13.7. The lowest BCUT2D eigenvalue weighted by Crippen LogP contribution is -2.25. The third kappa shape index (κ3) is 4.33. The van der Waals surface area contributed by atoms with Crippen molar-refractivity contribution in [1.82, 2.24) is 0 Å². The molecule has 1 nitrogen and oxygen atoms in total. The smallest absolute Gasteiger partial charge is 0.123 e. The molecule has 19 heavy (non-hydrogen) atoms. The van der Waals surface area contributed by atoms with Crippen LogP contribution < -0.4 is 0 Å². The Morgan fingerprint density at radius 3 is 2.32 bits per heavy atom. The molecule has 4 atom stereocenters. The van der Waals surface area contributed by atoms with Crippen LogP contribution in [0, 0.1) is 29.6 Å². The first-order valence-electron chi connectivity index (χ1n) is 8.66. The Kier molecular flexibility index (Phi) is 5.91. The maximum atomic E-state index is 10.9. The molecule has 2 saturated carbocycles. The topological polar surface area (TPSA) is 17.1 Å². The van der Waals surface area contributed by atoms with Crippen LogP contribution in [-0.4, -0.2) is 6.29 Å². The standard InChI is InChI=1S/C18H32O/c1-14-6-3-7-15(2)18(14)11-5-9-16-8-4-10-17(12-16)13-19/h13-18H,3-12H2,1-2H3. The lowest BCUT2D eigenvalue weighted by Gasteiger charge is -2.35. The van der Waals surface area contributed by atoms with E-state index in [2.05, 4.69) is 13.8 Å². The van der Waals surface area contributed by atoms with Crippen LogP contribution >= 0.6 is 0 Å². The van der Waals surface area contributed by atoms with E-state index in [4.69, 9.17) is 0 Å². The highest BCUT2D eigenvalue weighted by atomic mass is 16.1. The molecular weight excluding hydrogens is 232 g/mol. The molecule has 2 fully saturated rings. The van der Waals surface area contributed by atoms with E-state index >= 15 is 0 Å². The third-order valence-corrected chi connectivity index (χ3v) is 5.95. The second-order valence-corrected chi connectivity index (χ2v) is 7.41. The third-order valence-electron chi connectivity index (χ3n) is 5.95. The highest BCUT2D eigenvalue weighted by Crippen LogP contribution is 2.38. The number of rotatable bonds is 5. The van der Waals surface area contributed by atoms with Crippen molar-refractivity contribution < 1.29 is 4.79 Å². The van der Waals surface area contributed by atoms with Crippen molar-refractivity contribution in [2.24, 2.45) is 29.6 Å². The van der Waals surface area contributed by atoms with E-state index in [1.54, 1.807) is 0 Å². The Bertz CT molecular complexity index is 263. The van der Waals surface area contributed by atoms with Gasteiger partial charge >= 0.3 is 0 Å². The van der Waals surface area contributed by atoms with E-state index in [1.165, 1.54) is 64.1 Å². The van der Waals surface area contributed by atoms with Crippen LogP contribution in [0.4, 0.5) is 0 Å². The summed E-state index contributed by atoms with van der Waals surface area (Å²) in [5.74, 6) is 4.08. The molecule has 0 saturated heterocycles. The zero-order valence-electron chi connectivity index (χ0n) is 12.9. The van der Waals surface area contributed by atoms with Crippen LogP contribution in [0.15, 0.2) is 0 Å². The number of aldehydes is 1. The molecule has 0 spiro atoms. The minimum absolute atomic E-state index is 0.381. The average Bonchev–Trinajstić information content (AvgIpc) is 2.42. The summed E-state index contributed by atoms with van der Waals surface area (Å²) in [6, 6.07) is 0. The molecule has 0 aliphatic heterocycles. The molecule has 0 aromatic rings. The monoisotopic (exact) mass is 264 g/mol. The fourth-order valence-electron chi connectivity index (χ4n) is 4.68. The molecule has 0 amide bonds. The van der Waals surface area contributed by atoms with Crippen molar-refractivity contribution in [3.63, 3.8) is 0 Å². The first kappa shape index (κ1) is 15.1. The van der Waals surface area contributed by atoms with Gasteiger partial charge in [-0.1, -0.05) is 58.8 Å². The summed E-state index contributed by atoms with van der Waals surface area (Å²) in [6.07, 6.45) is 14.7. The Hall–Kier alpha value is -0.330. The zero-order valence-corrected chi connectivity index (χ0v) is 12.9. The van der Waals surface area contributed by atoms with Crippen molar-refractivity contribution >= 4 is 6.29 Å². The quantitative estimate of drug-likeness (QED) is 0.621. The fourth-order valence-corrected chi connectivity index (χ4v) is 4.68. The van der Waals surface area contributed by atoms with Gasteiger partial charge in [0, 0.05) is 5.92 Å². The normalized spacial score (nSPS) is 40.0. The Morgan fingerprint density at radius 1 is 0.947 bits per heavy atom. The van der Waals surface area contributed by atoms with Crippen molar-refractivity contribution in [3.8, 4) is 0 Å². The molecule has 4 unspecified atom stereocenters. The minimum atomic E-state index is 0.381. The molecule has 110 valence electrons. The molecule has 2 aliphatic rings. The van der Waals surface area contributed by atoms with Gasteiger partial charge in [0.1, 0.15) is 6.29 Å². The van der Waals surface area contributed by atoms with Crippen molar-refractivity contribution in [2.45, 2.75) is 78.1 Å². The summed E-state index contributed by atoms with van der Waals surface area (Å²) in [4.78, 5) is 10.9. The van der Waals surface area contributed by atoms with Crippen molar-refractivity contribution in [1.29, 1.82) is 0 Å². The Labute approximate surface area is 119 Å². The van der Waals surface area contributed by atoms with E-state index < -0.39 is 0 Å². The summed E-state index contributed by atoms with van der Waals surface area (Å²) < 4.78 is 0. The molecule has 0 bridgehead atoms. The summed E-state index contributed by atoms with van der Waals surface area (Å²) in [7, 11) is 0. The highest BCUT2D eigenvalue weighted by Gasteiger charge is 2.28. The van der Waals surface area contributed by atoms with Gasteiger partial charge in [-0.2, -0.15) is 0 Å². The summed E-state index contributed by atoms with van der Waals surface area (Å²) in [5, 5.41) is 0. The van der Waals surface area contributed by atoms with E-state index in [0.717, 1.165) is 30.1 Å². The first-order valence-corrected chi connectivity index (χ1v) is 8.66. The summed E-state index contributed by atoms with van der Waals surface area (Å²) >= 11 is 0. The van der Waals surface area contributed by atoms with Crippen molar-refractivity contribution in [3.05, 3.63) is 0 Å². The predicted octanol–water partition coefficient (Wildman–Crippen LogP) is 5.23. The Morgan fingerprint density at radius 2 is 1.63 bits per heavy atom. The van der Waals surface area contributed by atoms with Gasteiger partial charge in [-0.3, -0.25) is 0 Å². The van der Waals surface area contributed by atoms with E-state index in [1.807, 2.05) is 0 Å². The second kappa shape index (κ2) is 7.45. The SMILES string of the molecule is CC1CCCC(C)C1CCCC1CCCC(C=O)C1. The van der Waals surface area contributed by atoms with E-state index in [9.17, 15) is 4.79 Å². The minimum Gasteiger partial charge on any atom is -0.303 e. The molecule has 2 aliphatic carbocycles. The van der Waals surface area contributed by atoms with Crippen molar-refractivity contribution in [2.75, 3.05) is 0 Å². The molecule has 0 radical (unpaired) electrons. The maximum Gasteiger partial charge on any atom is 0.123 e. The van der Waals surface area contributed by atoms with Crippen LogP contribution in [0.2, 0.25) is 0 Å². The molecule has 2 rings (SSSR count). The van der Waals surface area contributed by atoms with Gasteiger partial charge in [0.25, 0.3) is 0 Å². The highest BCUT2D eigenvalue weighted by molar-refractivity contribution is 5.53. The predicted molar refractivity (Wildman–Crippen MR) is 81.0 cm³/mol. The molecule has 0 heterocycles. The van der Waals surface area contributed by atoms with Gasteiger partial charge in [-0.25, -0.2) is 0 Å². The van der Waals surface area contributed by atoms with Gasteiger partial charge in [-0.15, -0.1) is 0 Å². The van der Waals surface area contributed by atoms with Gasteiger partial charge in [0.05, 0.1) is 0 Å². The summed E-state index contributed by atoms with van der Waals surface area (Å²) in [6.45, 7) is 4.92. The maximum absolute atomic E-state index is 10.9. The number of carbonyl (C=O) groups is 1. The number of hydrogen-bond acceptors (Lipinski definition) is 1. The van der Waals surface area contributed by atoms with Gasteiger partial charge in [0.15, 0.2) is 0 Å². The van der Waals surface area contributed by atoms with Crippen LogP contribution in [0.25, 0.3) is 0 Å². The molecule has 0 aromatic heterocycles. The number of hydrogen-bond donors (Lipinski definition) is 0. The second-order valence-electron chi connectivity index (χ2n) is 7.41. The molecule has 0 N–H and O–H groups in total. The summed E-state index contributed by atoms with van der Waals surface area (Å²) in [5.41, 5.74) is 0. The van der Waals surface area contributed by atoms with Crippen LogP contribution in [0.5, 0.6) is 0 Å². The lowest BCUT2D eigenvalue weighted by molar-refractivity contribution is -0.112. The Balaban J connectivity index is 1.69. The number of carbonyl (C=O) groups excluding carboxylic acids is 1. The van der Waals surface area contributed by atoms with E-state index in [-0.39, 0.29) is 0 Å². The van der Waals surface area contributed by atoms with Crippen LogP contribution in [-0.2, 0) is 4.79 Å². The van der Waals surface area contributed by atoms with Gasteiger partial charge < -0.3 is 4.79 Å². The molecule has 1 heteroatoms. The van der Waals surface area contributed by atoms with Crippen LogP contribution in [0.1, 0.15) is 78.1 Å². The van der Waals surface area contributed by atoms with Crippen LogP contribution in [0.3, 0.4) is 0 Å². The largest absolute Gasteiger partial charge is 0.303 e. The molecular formula is C18H32O. The van der Waals surface area contributed by atoms with Gasteiger partial charge in [0.2, 0.25) is 0 Å².